The normalized spacial score (nSPS) is 15.1. The summed E-state index contributed by atoms with van der Waals surface area (Å²) < 4.78 is 0. The van der Waals surface area contributed by atoms with Crippen molar-refractivity contribution >= 4 is 23.2 Å². The Bertz CT molecular complexity index is 604. The van der Waals surface area contributed by atoms with Gasteiger partial charge in [-0.2, -0.15) is 0 Å². The number of nitrogens with one attached hydrogen (secondary N) is 1. The van der Waals surface area contributed by atoms with Gasteiger partial charge in [0, 0.05) is 50.9 Å². The first-order valence-electron chi connectivity index (χ1n) is 10.3. The molecule has 0 atom stereocenters. The summed E-state index contributed by atoms with van der Waals surface area (Å²) in [4.78, 5) is 28.1. The van der Waals surface area contributed by atoms with E-state index in [-0.39, 0.29) is 11.8 Å². The minimum atomic E-state index is -0.0506. The monoisotopic (exact) mass is 373 g/mol. The van der Waals surface area contributed by atoms with Gasteiger partial charge < -0.3 is 15.1 Å². The lowest BCUT2D eigenvalue weighted by atomic mass is 9.99. The van der Waals surface area contributed by atoms with E-state index in [0.29, 0.717) is 25.4 Å². The van der Waals surface area contributed by atoms with E-state index < -0.39 is 0 Å². The Kier molecular flexibility index (Phi) is 8.14. The van der Waals surface area contributed by atoms with Crippen LogP contribution in [0.1, 0.15) is 53.4 Å². The van der Waals surface area contributed by atoms with E-state index in [1.807, 2.05) is 12.1 Å². The molecule has 0 spiro atoms. The maximum Gasteiger partial charge on any atom is 0.226 e. The van der Waals surface area contributed by atoms with Crippen LogP contribution in [0.25, 0.3) is 0 Å². The smallest absolute Gasteiger partial charge is 0.226 e. The quantitative estimate of drug-likeness (QED) is 0.745. The average Bonchev–Trinajstić information content (AvgIpc) is 2.62. The molecule has 1 aliphatic heterocycles. The van der Waals surface area contributed by atoms with Gasteiger partial charge in [0.1, 0.15) is 0 Å². The van der Waals surface area contributed by atoms with Crippen molar-refractivity contribution in [1.82, 2.24) is 4.90 Å². The van der Waals surface area contributed by atoms with Crippen molar-refractivity contribution in [2.45, 2.75) is 53.4 Å². The van der Waals surface area contributed by atoms with Crippen molar-refractivity contribution in [1.29, 1.82) is 0 Å². The molecule has 1 heterocycles. The van der Waals surface area contributed by atoms with Crippen LogP contribution in [0.3, 0.4) is 0 Å². The SMILES string of the molecule is CC(=O)N(CCC(=O)Nc1ccc(N2CCC(C)CC2)cc1)CCC(C)C. The van der Waals surface area contributed by atoms with Crippen molar-refractivity contribution in [3.63, 3.8) is 0 Å². The number of carbonyl (C=O) groups excluding carboxylic acids is 2. The first kappa shape index (κ1) is 21.3. The molecule has 0 saturated carbocycles. The second kappa shape index (κ2) is 10.3. The summed E-state index contributed by atoms with van der Waals surface area (Å²) in [7, 11) is 0. The van der Waals surface area contributed by atoms with Crippen molar-refractivity contribution in [3.05, 3.63) is 24.3 Å². The second-order valence-corrected chi connectivity index (χ2v) is 8.20. The Morgan fingerprint density at radius 2 is 1.78 bits per heavy atom. The number of nitrogens with zero attached hydrogens (tertiary/aromatic N) is 2. The number of rotatable bonds is 8. The molecular formula is C22H35N3O2. The van der Waals surface area contributed by atoms with Crippen molar-refractivity contribution in [2.75, 3.05) is 36.4 Å². The van der Waals surface area contributed by atoms with Crippen LogP contribution in [0.15, 0.2) is 24.3 Å². The minimum absolute atomic E-state index is 0.0312. The van der Waals surface area contributed by atoms with E-state index in [1.54, 1.807) is 11.8 Å². The summed E-state index contributed by atoms with van der Waals surface area (Å²) in [5, 5.41) is 2.94. The molecule has 0 radical (unpaired) electrons. The highest BCUT2D eigenvalue weighted by atomic mass is 16.2. The van der Waals surface area contributed by atoms with Gasteiger partial charge in [-0.05, 0) is 55.4 Å². The molecule has 1 aromatic rings. The topological polar surface area (TPSA) is 52.7 Å². The average molecular weight is 374 g/mol. The molecule has 2 rings (SSSR count). The van der Waals surface area contributed by atoms with E-state index in [9.17, 15) is 9.59 Å². The molecule has 0 aromatic heterocycles. The fraction of sp³-hybridized carbons (Fsp3) is 0.636. The molecule has 1 aliphatic rings. The fourth-order valence-electron chi connectivity index (χ4n) is 3.32. The number of benzene rings is 1. The molecule has 5 nitrogen and oxygen atoms in total. The third kappa shape index (κ3) is 7.24. The molecule has 1 fully saturated rings. The number of hydrogen-bond acceptors (Lipinski definition) is 3. The number of anilines is 2. The third-order valence-corrected chi connectivity index (χ3v) is 5.33. The van der Waals surface area contributed by atoms with Gasteiger partial charge >= 0.3 is 0 Å². The molecule has 5 heteroatoms. The molecular weight excluding hydrogens is 338 g/mol. The summed E-state index contributed by atoms with van der Waals surface area (Å²) in [6.07, 6.45) is 3.76. The fourth-order valence-corrected chi connectivity index (χ4v) is 3.32. The second-order valence-electron chi connectivity index (χ2n) is 8.20. The lowest BCUT2D eigenvalue weighted by Gasteiger charge is -2.32. The Morgan fingerprint density at radius 3 is 2.33 bits per heavy atom. The first-order valence-corrected chi connectivity index (χ1v) is 10.3. The molecule has 0 unspecified atom stereocenters. The van der Waals surface area contributed by atoms with Crippen LogP contribution in [0.4, 0.5) is 11.4 Å². The third-order valence-electron chi connectivity index (χ3n) is 5.33. The largest absolute Gasteiger partial charge is 0.372 e. The molecule has 1 saturated heterocycles. The Morgan fingerprint density at radius 1 is 1.15 bits per heavy atom. The summed E-state index contributed by atoms with van der Waals surface area (Å²) >= 11 is 0. The predicted octanol–water partition coefficient (Wildman–Crippen LogP) is 4.15. The highest BCUT2D eigenvalue weighted by Gasteiger charge is 2.16. The van der Waals surface area contributed by atoms with Gasteiger partial charge in [-0.15, -0.1) is 0 Å². The highest BCUT2D eigenvalue weighted by molar-refractivity contribution is 5.91. The summed E-state index contributed by atoms with van der Waals surface area (Å²) in [6, 6.07) is 8.09. The van der Waals surface area contributed by atoms with Crippen LogP contribution in [0.5, 0.6) is 0 Å². The lowest BCUT2D eigenvalue weighted by Crippen LogP contribution is -2.33. The molecule has 27 heavy (non-hydrogen) atoms. The first-order chi connectivity index (χ1) is 12.8. The van der Waals surface area contributed by atoms with Gasteiger partial charge in [-0.25, -0.2) is 0 Å². The Hall–Kier alpha value is -2.04. The number of amides is 2. The van der Waals surface area contributed by atoms with Crippen molar-refractivity contribution in [2.24, 2.45) is 11.8 Å². The number of piperidine rings is 1. The zero-order chi connectivity index (χ0) is 19.8. The maximum atomic E-state index is 12.2. The molecule has 2 amide bonds. The zero-order valence-corrected chi connectivity index (χ0v) is 17.3. The van der Waals surface area contributed by atoms with Crippen molar-refractivity contribution < 1.29 is 9.59 Å². The van der Waals surface area contributed by atoms with Crippen LogP contribution in [-0.4, -0.2) is 42.9 Å². The highest BCUT2D eigenvalue weighted by Crippen LogP contribution is 2.24. The molecule has 0 aliphatic carbocycles. The van der Waals surface area contributed by atoms with Crippen LogP contribution in [-0.2, 0) is 9.59 Å². The van der Waals surface area contributed by atoms with Crippen LogP contribution in [0.2, 0.25) is 0 Å². The summed E-state index contributed by atoms with van der Waals surface area (Å²) in [5.41, 5.74) is 2.03. The van der Waals surface area contributed by atoms with E-state index in [0.717, 1.165) is 31.1 Å². The minimum Gasteiger partial charge on any atom is -0.372 e. The maximum absolute atomic E-state index is 12.2. The standard InChI is InChI=1S/C22H35N3O2/c1-17(2)9-13-24(19(4)26)16-12-22(27)23-20-5-7-21(8-6-20)25-14-10-18(3)11-15-25/h5-8,17-18H,9-16H2,1-4H3,(H,23,27). The van der Waals surface area contributed by atoms with Crippen LogP contribution < -0.4 is 10.2 Å². The van der Waals surface area contributed by atoms with Gasteiger partial charge in [0.25, 0.3) is 0 Å². The lowest BCUT2D eigenvalue weighted by molar-refractivity contribution is -0.129. The van der Waals surface area contributed by atoms with Crippen LogP contribution in [0, 0.1) is 11.8 Å². The van der Waals surface area contributed by atoms with Crippen molar-refractivity contribution in [3.8, 4) is 0 Å². The van der Waals surface area contributed by atoms with Crippen LogP contribution >= 0.6 is 0 Å². The Labute approximate surface area is 164 Å². The zero-order valence-electron chi connectivity index (χ0n) is 17.3. The van der Waals surface area contributed by atoms with Gasteiger partial charge in [0.15, 0.2) is 0 Å². The van der Waals surface area contributed by atoms with E-state index in [2.05, 4.69) is 43.1 Å². The van der Waals surface area contributed by atoms with Gasteiger partial charge in [-0.3, -0.25) is 9.59 Å². The van der Waals surface area contributed by atoms with Gasteiger partial charge in [0.05, 0.1) is 0 Å². The number of hydrogen-bond donors (Lipinski definition) is 1. The molecule has 0 bridgehead atoms. The van der Waals surface area contributed by atoms with Gasteiger partial charge in [-0.1, -0.05) is 20.8 Å². The molecule has 1 aromatic carbocycles. The van der Waals surface area contributed by atoms with E-state index in [1.165, 1.54) is 18.5 Å². The van der Waals surface area contributed by atoms with E-state index >= 15 is 0 Å². The summed E-state index contributed by atoms with van der Waals surface area (Å²) in [5.74, 6) is 1.34. The molecule has 150 valence electrons. The van der Waals surface area contributed by atoms with E-state index in [4.69, 9.17) is 0 Å². The summed E-state index contributed by atoms with van der Waals surface area (Å²) in [6.45, 7) is 11.5. The molecule has 1 N–H and O–H groups in total. The predicted molar refractivity (Wildman–Crippen MR) is 112 cm³/mol. The van der Waals surface area contributed by atoms with Gasteiger partial charge in [0.2, 0.25) is 11.8 Å². The Balaban J connectivity index is 1.80. The number of carbonyl (C=O) groups is 2.